The van der Waals surface area contributed by atoms with Crippen molar-refractivity contribution < 1.29 is 9.47 Å². The molecule has 0 N–H and O–H groups in total. The number of hydrogen-bond donors (Lipinski definition) is 0. The van der Waals surface area contributed by atoms with Crippen LogP contribution < -0.4 is 0 Å². The molecule has 0 aliphatic carbocycles. The molecule has 1 unspecified atom stereocenters. The second-order valence-electron chi connectivity index (χ2n) is 2.36. The lowest BCUT2D eigenvalue weighted by atomic mass is 10.5. The Kier molecular flexibility index (Phi) is 2.50. The average molecular weight is 264 g/mol. The third kappa shape index (κ3) is 2.50. The molecule has 2 aliphatic heterocycles. The number of halogens is 1. The van der Waals surface area contributed by atoms with E-state index < -0.39 is 0 Å². The Balaban J connectivity index is 1.80. The van der Waals surface area contributed by atoms with E-state index in [2.05, 4.69) is 16.2 Å². The SMILES string of the molecule is C1=CI=C(OCC2CO2)C=C1. The highest BCUT2D eigenvalue weighted by molar-refractivity contribution is 14.2. The molecule has 2 aliphatic rings. The van der Waals surface area contributed by atoms with E-state index in [1.807, 2.05) is 6.08 Å². The van der Waals surface area contributed by atoms with E-state index in [1.54, 1.807) is 0 Å². The maximum Gasteiger partial charge on any atom is 0.107 e. The minimum absolute atomic E-state index is 0.0162. The highest BCUT2D eigenvalue weighted by Gasteiger charge is 2.22. The van der Waals surface area contributed by atoms with Gasteiger partial charge in [0.2, 0.25) is 0 Å². The third-order valence-corrected chi connectivity index (χ3v) is 3.45. The Morgan fingerprint density at radius 3 is 3.18 bits per heavy atom. The van der Waals surface area contributed by atoms with Gasteiger partial charge >= 0.3 is 0 Å². The predicted molar refractivity (Wildman–Crippen MR) is 53.0 cm³/mol. The van der Waals surface area contributed by atoms with E-state index in [4.69, 9.17) is 9.47 Å². The van der Waals surface area contributed by atoms with Crippen LogP contribution in [0, 0.1) is 0 Å². The fourth-order valence-electron chi connectivity index (χ4n) is 0.724. The summed E-state index contributed by atoms with van der Waals surface area (Å²) in [6.07, 6.45) is 6.53. The molecule has 1 atom stereocenters. The van der Waals surface area contributed by atoms with Gasteiger partial charge in [-0.1, -0.05) is 32.9 Å². The molecule has 0 radical (unpaired) electrons. The first kappa shape index (κ1) is 7.64. The van der Waals surface area contributed by atoms with Crippen LogP contribution in [0.2, 0.25) is 0 Å². The van der Waals surface area contributed by atoms with E-state index >= 15 is 0 Å². The molecule has 3 heteroatoms. The molecule has 0 amide bonds. The lowest BCUT2D eigenvalue weighted by Gasteiger charge is -2.01. The number of rotatable bonds is 3. The number of epoxide rings is 1. The van der Waals surface area contributed by atoms with Crippen molar-refractivity contribution >= 4 is 24.4 Å². The van der Waals surface area contributed by atoms with Crippen LogP contribution in [0.1, 0.15) is 0 Å². The Hall–Kier alpha value is 0. The molecule has 0 aromatic carbocycles. The molecule has 2 nitrogen and oxygen atoms in total. The largest absolute Gasteiger partial charge is 0.371 e. The second-order valence-corrected chi connectivity index (χ2v) is 4.76. The molecule has 0 aromatic rings. The van der Waals surface area contributed by atoms with Crippen molar-refractivity contribution in [2.75, 3.05) is 13.2 Å². The fraction of sp³-hybridized carbons (Fsp3) is 0.375. The van der Waals surface area contributed by atoms with Crippen molar-refractivity contribution in [1.29, 1.82) is 0 Å². The minimum Gasteiger partial charge on any atom is -0.371 e. The molecule has 0 aromatic heterocycles. The quantitative estimate of drug-likeness (QED) is 0.570. The maximum absolute atomic E-state index is 5.51. The fourth-order valence-corrected chi connectivity index (χ4v) is 2.30. The highest BCUT2D eigenvalue weighted by atomic mass is 127. The van der Waals surface area contributed by atoms with Crippen LogP contribution in [0.4, 0.5) is 0 Å². The summed E-state index contributed by atoms with van der Waals surface area (Å²) in [6, 6.07) is 0. The summed E-state index contributed by atoms with van der Waals surface area (Å²) < 4.78 is 13.9. The van der Waals surface area contributed by atoms with Gasteiger partial charge in [-0.3, -0.25) is 0 Å². The van der Waals surface area contributed by atoms with Gasteiger partial charge in [-0.15, -0.1) is 0 Å². The molecule has 1 saturated heterocycles. The lowest BCUT2D eigenvalue weighted by Crippen LogP contribution is -2.05. The summed E-state index contributed by atoms with van der Waals surface area (Å²) in [6.45, 7) is 1.62. The third-order valence-electron chi connectivity index (χ3n) is 1.39. The van der Waals surface area contributed by atoms with Crippen molar-refractivity contribution in [3.63, 3.8) is 0 Å². The molecular formula is C8H9IO2. The summed E-state index contributed by atoms with van der Waals surface area (Å²) in [4.78, 5) is 0. The van der Waals surface area contributed by atoms with E-state index in [9.17, 15) is 0 Å². The van der Waals surface area contributed by atoms with Crippen molar-refractivity contribution in [3.05, 3.63) is 22.3 Å². The van der Waals surface area contributed by atoms with Gasteiger partial charge in [0, 0.05) is 0 Å². The van der Waals surface area contributed by atoms with Gasteiger partial charge in [0.1, 0.15) is 9.80 Å². The topological polar surface area (TPSA) is 21.8 Å². The van der Waals surface area contributed by atoms with E-state index in [0.29, 0.717) is 6.10 Å². The number of allylic oxidation sites excluding steroid dienone is 2. The first-order chi connectivity index (χ1) is 5.45. The molecule has 0 bridgehead atoms. The number of ether oxygens (including phenoxy) is 2. The van der Waals surface area contributed by atoms with Gasteiger partial charge < -0.3 is 9.47 Å². The minimum atomic E-state index is 0.0162. The van der Waals surface area contributed by atoms with Crippen LogP contribution in [0.15, 0.2) is 22.3 Å². The van der Waals surface area contributed by atoms with Crippen molar-refractivity contribution in [2.45, 2.75) is 6.10 Å². The summed E-state index contributed by atoms with van der Waals surface area (Å²) in [5.41, 5.74) is 0. The lowest BCUT2D eigenvalue weighted by molar-refractivity contribution is 0.261. The van der Waals surface area contributed by atoms with E-state index in [1.165, 1.54) is 0 Å². The zero-order valence-electron chi connectivity index (χ0n) is 6.00. The van der Waals surface area contributed by atoms with Crippen LogP contribution in [0.25, 0.3) is 0 Å². The Morgan fingerprint density at radius 1 is 1.64 bits per heavy atom. The zero-order chi connectivity index (χ0) is 7.52. The Labute approximate surface area is 75.6 Å². The monoisotopic (exact) mass is 264 g/mol. The van der Waals surface area contributed by atoms with E-state index in [0.717, 1.165) is 16.9 Å². The van der Waals surface area contributed by atoms with Crippen LogP contribution in [0.3, 0.4) is 0 Å². The molecule has 0 saturated carbocycles. The van der Waals surface area contributed by atoms with Crippen molar-refractivity contribution in [2.24, 2.45) is 0 Å². The van der Waals surface area contributed by atoms with Gasteiger partial charge in [0.25, 0.3) is 0 Å². The second kappa shape index (κ2) is 3.60. The first-order valence-corrected chi connectivity index (χ1v) is 5.85. The van der Waals surface area contributed by atoms with Crippen LogP contribution in [0.5, 0.6) is 0 Å². The molecule has 60 valence electrons. The van der Waals surface area contributed by atoms with Crippen molar-refractivity contribution in [1.82, 2.24) is 0 Å². The molecule has 1 fully saturated rings. The Morgan fingerprint density at radius 2 is 2.55 bits per heavy atom. The maximum atomic E-state index is 5.51. The normalized spacial score (nSPS) is 27.6. The average Bonchev–Trinajstić information content (AvgIpc) is 2.86. The summed E-state index contributed by atoms with van der Waals surface area (Å²) in [7, 11) is 0. The predicted octanol–water partition coefficient (Wildman–Crippen LogP) is 1.59. The van der Waals surface area contributed by atoms with Gasteiger partial charge in [-0.05, 0) is 10.2 Å². The van der Waals surface area contributed by atoms with Crippen molar-refractivity contribution in [3.8, 4) is 0 Å². The molecule has 11 heavy (non-hydrogen) atoms. The summed E-state index contributed by atoms with van der Waals surface area (Å²) in [5, 5.41) is 0. The standard InChI is InChI=1S/C8H9IO2/c1-2-4-9-8(3-1)11-6-7-5-10-7/h1-4,7H,5-6H2. The smallest absolute Gasteiger partial charge is 0.107 e. The van der Waals surface area contributed by atoms with Gasteiger partial charge in [0.15, 0.2) is 0 Å². The molecular weight excluding hydrogens is 255 g/mol. The van der Waals surface area contributed by atoms with Crippen LogP contribution in [-0.4, -0.2) is 23.0 Å². The summed E-state index contributed by atoms with van der Waals surface area (Å²) >= 11 is 0.0162. The van der Waals surface area contributed by atoms with Gasteiger partial charge in [0.05, 0.1) is 13.2 Å². The first-order valence-electron chi connectivity index (χ1n) is 3.53. The number of hydrogen-bond acceptors (Lipinski definition) is 2. The van der Waals surface area contributed by atoms with Gasteiger partial charge in [-0.2, -0.15) is 0 Å². The zero-order valence-corrected chi connectivity index (χ0v) is 8.15. The molecule has 0 spiro atoms. The van der Waals surface area contributed by atoms with Crippen LogP contribution >= 0.6 is 20.7 Å². The Bertz CT molecular complexity index is 226. The highest BCUT2D eigenvalue weighted by Crippen LogP contribution is 2.14. The van der Waals surface area contributed by atoms with E-state index in [-0.39, 0.29) is 20.7 Å². The van der Waals surface area contributed by atoms with Crippen LogP contribution in [-0.2, 0) is 9.47 Å². The molecule has 2 heterocycles. The van der Waals surface area contributed by atoms with Gasteiger partial charge in [-0.25, -0.2) is 0 Å². The summed E-state index contributed by atoms with van der Waals surface area (Å²) in [5.74, 6) is 0. The molecule has 2 rings (SSSR count).